The maximum atomic E-state index is 12.9. The monoisotopic (exact) mass is 230 g/mol. The average Bonchev–Trinajstić information content (AvgIpc) is 2.19. The molecule has 0 aromatic heterocycles. The Balaban J connectivity index is 3.42. The van der Waals surface area contributed by atoms with Crippen LogP contribution >= 0.6 is 0 Å². The fourth-order valence-corrected chi connectivity index (χ4v) is 1.10. The second kappa shape index (κ2) is 4.21. The molecule has 0 N–H and O–H groups in total. The molecule has 1 rings (SSSR count). The normalized spacial score (nSPS) is 10.0. The van der Waals surface area contributed by atoms with Crippen molar-refractivity contribution in [2.75, 3.05) is 14.1 Å². The van der Waals surface area contributed by atoms with Gasteiger partial charge in [-0.1, -0.05) is 0 Å². The summed E-state index contributed by atoms with van der Waals surface area (Å²) in [5, 5.41) is 10.6. The number of benzene rings is 1. The van der Waals surface area contributed by atoms with Gasteiger partial charge in [-0.2, -0.15) is 0 Å². The molecule has 0 unspecified atom stereocenters. The second-order valence-electron chi connectivity index (χ2n) is 3.24. The van der Waals surface area contributed by atoms with E-state index in [9.17, 15) is 23.7 Å². The zero-order valence-electron chi connectivity index (χ0n) is 8.53. The van der Waals surface area contributed by atoms with Crippen LogP contribution in [0.5, 0.6) is 0 Å². The van der Waals surface area contributed by atoms with Gasteiger partial charge in [0.25, 0.3) is 11.6 Å². The first-order chi connectivity index (χ1) is 7.34. The molecule has 1 amide bonds. The number of nitrogens with zero attached hydrogens (tertiary/aromatic N) is 2. The van der Waals surface area contributed by atoms with Gasteiger partial charge in [-0.05, 0) is 6.07 Å². The standard InChI is InChI=1S/C9H8F2N2O3/c1-12(2)9(14)5-3-6(10)7(11)4-8(5)13(15)16/h3-4H,1-2H3. The highest BCUT2D eigenvalue weighted by Crippen LogP contribution is 2.23. The molecule has 0 bridgehead atoms. The first-order valence-corrected chi connectivity index (χ1v) is 4.19. The Labute approximate surface area is 89.4 Å². The number of nitro groups is 1. The van der Waals surface area contributed by atoms with Crippen molar-refractivity contribution in [3.63, 3.8) is 0 Å². The van der Waals surface area contributed by atoms with Crippen molar-refractivity contribution in [2.24, 2.45) is 0 Å². The lowest BCUT2D eigenvalue weighted by Crippen LogP contribution is -2.23. The van der Waals surface area contributed by atoms with Crippen molar-refractivity contribution in [1.82, 2.24) is 4.90 Å². The molecule has 0 aliphatic heterocycles. The Kier molecular flexibility index (Phi) is 3.17. The van der Waals surface area contributed by atoms with Gasteiger partial charge in [0, 0.05) is 14.1 Å². The highest BCUT2D eigenvalue weighted by Gasteiger charge is 2.24. The van der Waals surface area contributed by atoms with Crippen molar-refractivity contribution in [3.05, 3.63) is 39.4 Å². The minimum Gasteiger partial charge on any atom is -0.345 e. The summed E-state index contributed by atoms with van der Waals surface area (Å²) >= 11 is 0. The summed E-state index contributed by atoms with van der Waals surface area (Å²) in [7, 11) is 2.71. The molecule has 0 heterocycles. The van der Waals surface area contributed by atoms with E-state index in [2.05, 4.69) is 0 Å². The summed E-state index contributed by atoms with van der Waals surface area (Å²) in [6.45, 7) is 0. The van der Waals surface area contributed by atoms with E-state index in [0.717, 1.165) is 4.90 Å². The smallest absolute Gasteiger partial charge is 0.285 e. The fourth-order valence-electron chi connectivity index (χ4n) is 1.10. The van der Waals surface area contributed by atoms with E-state index >= 15 is 0 Å². The summed E-state index contributed by atoms with van der Waals surface area (Å²) in [5.41, 5.74) is -1.23. The predicted molar refractivity (Wildman–Crippen MR) is 51.0 cm³/mol. The third-order valence-corrected chi connectivity index (χ3v) is 1.87. The van der Waals surface area contributed by atoms with Crippen molar-refractivity contribution in [1.29, 1.82) is 0 Å². The van der Waals surface area contributed by atoms with Crippen LogP contribution in [0.2, 0.25) is 0 Å². The fraction of sp³-hybridized carbons (Fsp3) is 0.222. The summed E-state index contributed by atoms with van der Waals surface area (Å²) < 4.78 is 25.7. The van der Waals surface area contributed by atoms with E-state index < -0.39 is 33.7 Å². The van der Waals surface area contributed by atoms with Gasteiger partial charge in [0.1, 0.15) is 5.56 Å². The van der Waals surface area contributed by atoms with Crippen LogP contribution in [0.3, 0.4) is 0 Å². The molecule has 0 saturated heterocycles. The maximum Gasteiger partial charge on any atom is 0.285 e. The van der Waals surface area contributed by atoms with Gasteiger partial charge in [0.05, 0.1) is 11.0 Å². The van der Waals surface area contributed by atoms with Gasteiger partial charge in [0.15, 0.2) is 11.6 Å². The summed E-state index contributed by atoms with van der Waals surface area (Å²) in [6, 6.07) is 0.919. The van der Waals surface area contributed by atoms with Crippen LogP contribution in [0.15, 0.2) is 12.1 Å². The molecule has 0 saturated carbocycles. The second-order valence-corrected chi connectivity index (χ2v) is 3.24. The molecule has 1 aromatic rings. The van der Waals surface area contributed by atoms with Crippen LogP contribution in [0.25, 0.3) is 0 Å². The van der Waals surface area contributed by atoms with Crippen molar-refractivity contribution in [2.45, 2.75) is 0 Å². The van der Waals surface area contributed by atoms with Crippen LogP contribution in [0.1, 0.15) is 10.4 Å². The largest absolute Gasteiger partial charge is 0.345 e. The van der Waals surface area contributed by atoms with Crippen LogP contribution < -0.4 is 0 Å². The molecule has 0 atom stereocenters. The first kappa shape index (κ1) is 12.0. The molecule has 7 heteroatoms. The zero-order chi connectivity index (χ0) is 12.5. The van der Waals surface area contributed by atoms with Crippen molar-refractivity contribution in [3.8, 4) is 0 Å². The Morgan fingerprint density at radius 1 is 1.31 bits per heavy atom. The molecule has 0 spiro atoms. The Hall–Kier alpha value is -2.05. The van der Waals surface area contributed by atoms with E-state index in [1.54, 1.807) is 0 Å². The van der Waals surface area contributed by atoms with Gasteiger partial charge >= 0.3 is 0 Å². The Bertz CT molecular complexity index is 460. The topological polar surface area (TPSA) is 63.5 Å². The third-order valence-electron chi connectivity index (χ3n) is 1.87. The zero-order valence-corrected chi connectivity index (χ0v) is 8.53. The number of halogens is 2. The lowest BCUT2D eigenvalue weighted by molar-refractivity contribution is -0.385. The molecule has 0 radical (unpaired) electrons. The van der Waals surface area contributed by atoms with Crippen LogP contribution in [0, 0.1) is 21.7 Å². The maximum absolute atomic E-state index is 12.9. The number of carbonyl (C=O) groups is 1. The number of hydrogen-bond acceptors (Lipinski definition) is 3. The van der Waals surface area contributed by atoms with Gasteiger partial charge in [-0.3, -0.25) is 14.9 Å². The average molecular weight is 230 g/mol. The van der Waals surface area contributed by atoms with E-state index in [1.165, 1.54) is 14.1 Å². The van der Waals surface area contributed by atoms with Gasteiger partial charge in [-0.15, -0.1) is 0 Å². The van der Waals surface area contributed by atoms with Crippen LogP contribution in [0.4, 0.5) is 14.5 Å². The van der Waals surface area contributed by atoms with E-state index in [0.29, 0.717) is 12.1 Å². The number of hydrogen-bond donors (Lipinski definition) is 0. The summed E-state index contributed by atoms with van der Waals surface area (Å²) in [4.78, 5) is 22.1. The molecule has 0 aliphatic carbocycles. The lowest BCUT2D eigenvalue weighted by atomic mass is 10.1. The van der Waals surface area contributed by atoms with Crippen LogP contribution in [-0.2, 0) is 0 Å². The molecule has 16 heavy (non-hydrogen) atoms. The molecule has 0 aliphatic rings. The van der Waals surface area contributed by atoms with E-state index in [1.807, 2.05) is 0 Å². The van der Waals surface area contributed by atoms with Crippen molar-refractivity contribution >= 4 is 11.6 Å². The molecule has 5 nitrogen and oxygen atoms in total. The molecule has 86 valence electrons. The van der Waals surface area contributed by atoms with E-state index in [-0.39, 0.29) is 0 Å². The predicted octanol–water partition coefficient (Wildman–Crippen LogP) is 1.57. The van der Waals surface area contributed by atoms with Gasteiger partial charge in [-0.25, -0.2) is 8.78 Å². The number of amides is 1. The summed E-state index contributed by atoms with van der Waals surface area (Å²) in [5.74, 6) is -3.41. The number of carbonyl (C=O) groups excluding carboxylic acids is 1. The van der Waals surface area contributed by atoms with Gasteiger partial charge in [0.2, 0.25) is 0 Å². The minimum absolute atomic E-state index is 0.395. The minimum atomic E-state index is -1.36. The number of nitro benzene ring substituents is 1. The Morgan fingerprint density at radius 3 is 2.25 bits per heavy atom. The first-order valence-electron chi connectivity index (χ1n) is 4.19. The third kappa shape index (κ3) is 2.13. The quantitative estimate of drug-likeness (QED) is 0.572. The van der Waals surface area contributed by atoms with Crippen molar-refractivity contribution < 1.29 is 18.5 Å². The lowest BCUT2D eigenvalue weighted by Gasteiger charge is -2.10. The Morgan fingerprint density at radius 2 is 1.81 bits per heavy atom. The summed E-state index contributed by atoms with van der Waals surface area (Å²) in [6.07, 6.45) is 0. The molecular formula is C9H8F2N2O3. The number of rotatable bonds is 2. The van der Waals surface area contributed by atoms with E-state index in [4.69, 9.17) is 0 Å². The SMILES string of the molecule is CN(C)C(=O)c1cc(F)c(F)cc1[N+](=O)[O-]. The van der Waals surface area contributed by atoms with Gasteiger partial charge < -0.3 is 4.90 Å². The molecular weight excluding hydrogens is 222 g/mol. The molecule has 1 aromatic carbocycles. The van der Waals surface area contributed by atoms with Crippen LogP contribution in [-0.4, -0.2) is 29.8 Å². The molecule has 0 fully saturated rings. The highest BCUT2D eigenvalue weighted by atomic mass is 19.2. The highest BCUT2D eigenvalue weighted by molar-refractivity contribution is 5.97.